The molecule has 0 aromatic heterocycles. The summed E-state index contributed by atoms with van der Waals surface area (Å²) in [4.78, 5) is 0. The van der Waals surface area contributed by atoms with Crippen LogP contribution in [0.2, 0.25) is 0 Å². The van der Waals surface area contributed by atoms with Crippen molar-refractivity contribution in [3.05, 3.63) is 35.9 Å². The van der Waals surface area contributed by atoms with Crippen molar-refractivity contribution in [3.63, 3.8) is 0 Å². The summed E-state index contributed by atoms with van der Waals surface area (Å²) >= 11 is 1.67. The molecule has 0 unspecified atom stereocenters. The van der Waals surface area contributed by atoms with Crippen molar-refractivity contribution >= 4 is 24.4 Å². The van der Waals surface area contributed by atoms with Gasteiger partial charge in [-0.3, -0.25) is 4.72 Å². The Hall–Kier alpha value is -0.180. The average molecular weight is 204 g/mol. The van der Waals surface area contributed by atoms with Crippen LogP contribution in [0, 0.1) is 0 Å². The second kappa shape index (κ2) is 7.47. The number of nitrogens with one attached hydrogen (secondary N) is 1. The molecule has 0 spiro atoms. The highest BCUT2D eigenvalue weighted by Crippen LogP contribution is 1.98. The topological polar surface area (TPSA) is 12.0 Å². The maximum Gasteiger partial charge on any atom is 0.00989 e. The van der Waals surface area contributed by atoms with E-state index in [0.29, 0.717) is 0 Å². The quantitative estimate of drug-likeness (QED) is 0.596. The van der Waals surface area contributed by atoms with Gasteiger partial charge in [-0.05, 0) is 18.2 Å². The largest absolute Gasteiger partial charge is 0.264 e. The fourth-order valence-corrected chi connectivity index (χ4v) is 1.25. The Kier molecular flexibility index (Phi) is 7.36. The predicted octanol–water partition coefficient (Wildman–Crippen LogP) is 2.52. The number of halogens is 1. The van der Waals surface area contributed by atoms with Crippen LogP contribution < -0.4 is 4.72 Å². The molecule has 0 aliphatic rings. The zero-order valence-corrected chi connectivity index (χ0v) is 8.75. The summed E-state index contributed by atoms with van der Waals surface area (Å²) in [7, 11) is 0. The van der Waals surface area contributed by atoms with Gasteiger partial charge in [-0.2, -0.15) is 0 Å². The highest BCUT2D eigenvalue weighted by molar-refractivity contribution is 7.96. The predicted molar refractivity (Wildman–Crippen MR) is 58.9 cm³/mol. The Labute approximate surface area is 84.5 Å². The summed E-state index contributed by atoms with van der Waals surface area (Å²) in [6.45, 7) is 1.05. The van der Waals surface area contributed by atoms with Crippen LogP contribution in [0.25, 0.3) is 0 Å². The Morgan fingerprint density at radius 2 is 1.92 bits per heavy atom. The zero-order valence-electron chi connectivity index (χ0n) is 7.12. The summed E-state index contributed by atoms with van der Waals surface area (Å²) in [5.74, 6) is 0. The van der Waals surface area contributed by atoms with Gasteiger partial charge in [0.15, 0.2) is 0 Å². The third kappa shape index (κ3) is 4.65. The molecule has 0 aliphatic heterocycles. The van der Waals surface area contributed by atoms with E-state index in [4.69, 9.17) is 0 Å². The van der Waals surface area contributed by atoms with Crippen LogP contribution in [0.3, 0.4) is 0 Å². The monoisotopic (exact) mass is 203 g/mol. The molecule has 0 fully saturated rings. The van der Waals surface area contributed by atoms with E-state index >= 15 is 0 Å². The molecule has 0 bridgehead atoms. The van der Waals surface area contributed by atoms with Crippen LogP contribution in [0.4, 0.5) is 0 Å². The molecule has 1 N–H and O–H groups in total. The molecular formula is C9H14ClNS. The average Bonchev–Trinajstić information content (AvgIpc) is 2.07. The summed E-state index contributed by atoms with van der Waals surface area (Å²) in [6, 6.07) is 10.5. The minimum absolute atomic E-state index is 0. The molecule has 1 rings (SSSR count). The van der Waals surface area contributed by atoms with Gasteiger partial charge in [-0.15, -0.1) is 12.4 Å². The molecule has 0 saturated carbocycles. The first-order valence-corrected chi connectivity index (χ1v) is 4.95. The van der Waals surface area contributed by atoms with Crippen LogP contribution >= 0.6 is 24.4 Å². The number of benzene rings is 1. The third-order valence-corrected chi connectivity index (χ3v) is 2.00. The van der Waals surface area contributed by atoms with E-state index in [2.05, 4.69) is 29.0 Å². The number of rotatable bonds is 4. The molecular weight excluding hydrogens is 190 g/mol. The Balaban J connectivity index is 0.00000121. The lowest BCUT2D eigenvalue weighted by molar-refractivity contribution is 0.910. The van der Waals surface area contributed by atoms with E-state index in [1.165, 1.54) is 5.56 Å². The molecule has 0 aliphatic carbocycles. The number of hydrogen-bond acceptors (Lipinski definition) is 2. The fourth-order valence-electron chi connectivity index (χ4n) is 0.942. The van der Waals surface area contributed by atoms with Crippen LogP contribution in [0.1, 0.15) is 5.56 Å². The fraction of sp³-hybridized carbons (Fsp3) is 0.333. The molecule has 0 amide bonds. The first-order chi connectivity index (χ1) is 5.43. The molecule has 68 valence electrons. The van der Waals surface area contributed by atoms with E-state index in [0.717, 1.165) is 13.0 Å². The molecule has 0 atom stereocenters. The maximum absolute atomic E-state index is 3.21. The van der Waals surface area contributed by atoms with Crippen LogP contribution in [-0.2, 0) is 6.42 Å². The van der Waals surface area contributed by atoms with Gasteiger partial charge in [-0.25, -0.2) is 0 Å². The molecule has 1 aromatic carbocycles. The van der Waals surface area contributed by atoms with E-state index in [1.807, 2.05) is 12.3 Å². The summed E-state index contributed by atoms with van der Waals surface area (Å²) in [5, 5.41) is 0. The summed E-state index contributed by atoms with van der Waals surface area (Å²) in [6.07, 6.45) is 3.16. The number of hydrogen-bond donors (Lipinski definition) is 1. The smallest absolute Gasteiger partial charge is 0.00989 e. The molecule has 1 aromatic rings. The minimum Gasteiger partial charge on any atom is -0.264 e. The summed E-state index contributed by atoms with van der Waals surface area (Å²) in [5.41, 5.74) is 1.40. The van der Waals surface area contributed by atoms with Crippen molar-refractivity contribution in [2.45, 2.75) is 6.42 Å². The van der Waals surface area contributed by atoms with Gasteiger partial charge in [0.2, 0.25) is 0 Å². The van der Waals surface area contributed by atoms with Gasteiger partial charge in [0.05, 0.1) is 0 Å². The Bertz CT molecular complexity index is 191. The van der Waals surface area contributed by atoms with E-state index in [9.17, 15) is 0 Å². The van der Waals surface area contributed by atoms with Gasteiger partial charge < -0.3 is 0 Å². The lowest BCUT2D eigenvalue weighted by atomic mass is 10.2. The normalized spacial score (nSPS) is 9.08. The van der Waals surface area contributed by atoms with Crippen LogP contribution in [0.5, 0.6) is 0 Å². The Morgan fingerprint density at radius 1 is 1.25 bits per heavy atom. The van der Waals surface area contributed by atoms with Crippen LogP contribution in [0.15, 0.2) is 30.3 Å². The Morgan fingerprint density at radius 3 is 2.50 bits per heavy atom. The molecule has 0 radical (unpaired) electrons. The third-order valence-electron chi connectivity index (χ3n) is 1.50. The first kappa shape index (κ1) is 11.8. The lowest BCUT2D eigenvalue weighted by Crippen LogP contribution is -2.07. The van der Waals surface area contributed by atoms with Crippen LogP contribution in [-0.4, -0.2) is 12.8 Å². The standard InChI is InChI=1S/C9H13NS.ClH/c1-11-10-8-7-9-5-3-2-4-6-9;/h2-6,10H,7-8H2,1H3;1H. The summed E-state index contributed by atoms with van der Waals surface area (Å²) < 4.78 is 3.21. The lowest BCUT2D eigenvalue weighted by Gasteiger charge is -1.99. The van der Waals surface area contributed by atoms with Crippen molar-refractivity contribution in [1.29, 1.82) is 0 Å². The maximum atomic E-state index is 3.21. The highest BCUT2D eigenvalue weighted by atomic mass is 35.5. The van der Waals surface area contributed by atoms with Crippen molar-refractivity contribution in [2.75, 3.05) is 12.8 Å². The van der Waals surface area contributed by atoms with Crippen molar-refractivity contribution < 1.29 is 0 Å². The van der Waals surface area contributed by atoms with Crippen molar-refractivity contribution in [2.24, 2.45) is 0 Å². The van der Waals surface area contributed by atoms with E-state index in [-0.39, 0.29) is 12.4 Å². The van der Waals surface area contributed by atoms with E-state index in [1.54, 1.807) is 11.9 Å². The van der Waals surface area contributed by atoms with Crippen molar-refractivity contribution in [1.82, 2.24) is 4.72 Å². The van der Waals surface area contributed by atoms with Gasteiger partial charge in [0.25, 0.3) is 0 Å². The van der Waals surface area contributed by atoms with Gasteiger partial charge >= 0.3 is 0 Å². The molecule has 0 saturated heterocycles. The second-order valence-electron chi connectivity index (χ2n) is 2.33. The van der Waals surface area contributed by atoms with Crippen molar-refractivity contribution in [3.8, 4) is 0 Å². The molecule has 0 heterocycles. The molecule has 1 nitrogen and oxygen atoms in total. The van der Waals surface area contributed by atoms with E-state index < -0.39 is 0 Å². The highest BCUT2D eigenvalue weighted by Gasteiger charge is 1.88. The zero-order chi connectivity index (χ0) is 7.94. The van der Waals surface area contributed by atoms with Gasteiger partial charge in [0.1, 0.15) is 0 Å². The molecule has 3 heteroatoms. The molecule has 12 heavy (non-hydrogen) atoms. The first-order valence-electron chi connectivity index (χ1n) is 3.73. The van der Waals surface area contributed by atoms with Gasteiger partial charge in [0, 0.05) is 6.54 Å². The second-order valence-corrected chi connectivity index (χ2v) is 3.03. The van der Waals surface area contributed by atoms with Gasteiger partial charge in [-0.1, -0.05) is 42.3 Å². The SMILES string of the molecule is CSNCCc1ccccc1.Cl. The minimum atomic E-state index is 0.